The van der Waals surface area contributed by atoms with E-state index in [1.807, 2.05) is 0 Å². The van der Waals surface area contributed by atoms with Gasteiger partial charge in [-0.05, 0) is 68.1 Å². The summed E-state index contributed by atoms with van der Waals surface area (Å²) >= 11 is 0. The standard InChI is InChI=1S/C22H27BO2/c1-20(2)21(3,4)25-23(24-20)19-12-8-17(9-13-19)16-6-10-18(11-7-16)22(5)14-15-22/h6-13H,14-15H2,1-5H3. The number of hydrogen-bond acceptors (Lipinski definition) is 2. The fourth-order valence-electron chi connectivity index (χ4n) is 3.35. The normalized spacial score (nSPS) is 22.8. The molecule has 4 rings (SSSR count). The van der Waals surface area contributed by atoms with E-state index in [9.17, 15) is 0 Å². The summed E-state index contributed by atoms with van der Waals surface area (Å²) in [6.07, 6.45) is 2.63. The second-order valence-corrected chi connectivity index (χ2v) is 8.85. The Labute approximate surface area is 151 Å². The maximum absolute atomic E-state index is 6.13. The minimum atomic E-state index is -0.301. The first-order chi connectivity index (χ1) is 11.7. The third-order valence-electron chi connectivity index (χ3n) is 6.35. The largest absolute Gasteiger partial charge is 0.494 e. The van der Waals surface area contributed by atoms with Crippen LogP contribution < -0.4 is 5.46 Å². The molecule has 2 nitrogen and oxygen atoms in total. The molecule has 2 aromatic carbocycles. The van der Waals surface area contributed by atoms with Gasteiger partial charge in [-0.3, -0.25) is 0 Å². The zero-order chi connectivity index (χ0) is 17.9. The lowest BCUT2D eigenvalue weighted by Crippen LogP contribution is -2.41. The zero-order valence-corrected chi connectivity index (χ0v) is 15.9. The lowest BCUT2D eigenvalue weighted by Gasteiger charge is -2.32. The third-order valence-corrected chi connectivity index (χ3v) is 6.35. The molecule has 0 radical (unpaired) electrons. The second kappa shape index (κ2) is 5.46. The molecule has 0 bridgehead atoms. The van der Waals surface area contributed by atoms with Crippen molar-refractivity contribution in [2.75, 3.05) is 0 Å². The summed E-state index contributed by atoms with van der Waals surface area (Å²) in [6.45, 7) is 10.7. The van der Waals surface area contributed by atoms with E-state index in [4.69, 9.17) is 9.31 Å². The van der Waals surface area contributed by atoms with Crippen molar-refractivity contribution >= 4 is 12.6 Å². The maximum atomic E-state index is 6.13. The highest BCUT2D eigenvalue weighted by Crippen LogP contribution is 2.47. The molecule has 0 aromatic heterocycles. The molecule has 3 heteroatoms. The molecule has 2 fully saturated rings. The topological polar surface area (TPSA) is 18.5 Å². The van der Waals surface area contributed by atoms with Crippen LogP contribution >= 0.6 is 0 Å². The van der Waals surface area contributed by atoms with Crippen LogP contribution in [-0.4, -0.2) is 18.3 Å². The van der Waals surface area contributed by atoms with Crippen LogP contribution in [0.1, 0.15) is 53.0 Å². The molecule has 0 N–H and O–H groups in total. The van der Waals surface area contributed by atoms with E-state index in [0.29, 0.717) is 5.41 Å². The first-order valence-corrected chi connectivity index (χ1v) is 9.27. The van der Waals surface area contributed by atoms with E-state index >= 15 is 0 Å². The Balaban J connectivity index is 1.53. The molecule has 2 aromatic rings. The van der Waals surface area contributed by atoms with Crippen molar-refractivity contribution in [2.24, 2.45) is 0 Å². The van der Waals surface area contributed by atoms with E-state index in [2.05, 4.69) is 83.1 Å². The first kappa shape index (κ1) is 16.9. The summed E-state index contributed by atoms with van der Waals surface area (Å²) in [5, 5.41) is 0. The van der Waals surface area contributed by atoms with Crippen molar-refractivity contribution < 1.29 is 9.31 Å². The van der Waals surface area contributed by atoms with E-state index in [1.165, 1.54) is 29.5 Å². The Morgan fingerprint density at radius 1 is 0.680 bits per heavy atom. The monoisotopic (exact) mass is 334 g/mol. The average molecular weight is 334 g/mol. The van der Waals surface area contributed by atoms with Crippen molar-refractivity contribution in [1.82, 2.24) is 0 Å². The minimum absolute atomic E-state index is 0.295. The SMILES string of the molecule is CC1(c2ccc(-c3ccc(B4OC(C)(C)C(C)(C)O4)cc3)cc2)CC1. The van der Waals surface area contributed by atoms with Gasteiger partial charge in [0.25, 0.3) is 0 Å². The van der Waals surface area contributed by atoms with Gasteiger partial charge in [-0.15, -0.1) is 0 Å². The summed E-state index contributed by atoms with van der Waals surface area (Å²) in [7, 11) is -0.295. The lowest BCUT2D eigenvalue weighted by molar-refractivity contribution is 0.00578. The van der Waals surface area contributed by atoms with E-state index in [0.717, 1.165) is 5.46 Å². The molecule has 2 aliphatic rings. The van der Waals surface area contributed by atoms with Gasteiger partial charge in [-0.1, -0.05) is 55.5 Å². The van der Waals surface area contributed by atoms with Gasteiger partial charge in [0, 0.05) is 0 Å². The smallest absolute Gasteiger partial charge is 0.399 e. The minimum Gasteiger partial charge on any atom is -0.399 e. The zero-order valence-electron chi connectivity index (χ0n) is 15.9. The fourth-order valence-corrected chi connectivity index (χ4v) is 3.35. The fraction of sp³-hybridized carbons (Fsp3) is 0.455. The molecule has 25 heavy (non-hydrogen) atoms. The molecule has 1 aliphatic heterocycles. The van der Waals surface area contributed by atoms with Gasteiger partial charge in [0.15, 0.2) is 0 Å². The van der Waals surface area contributed by atoms with E-state index in [1.54, 1.807) is 0 Å². The highest BCUT2D eigenvalue weighted by atomic mass is 16.7. The van der Waals surface area contributed by atoms with Crippen LogP contribution in [0, 0.1) is 0 Å². The molecule has 130 valence electrons. The summed E-state index contributed by atoms with van der Waals surface area (Å²) in [5.41, 5.74) is 4.85. The summed E-state index contributed by atoms with van der Waals surface area (Å²) in [5.74, 6) is 0. The first-order valence-electron chi connectivity index (χ1n) is 9.27. The molecule has 0 spiro atoms. The highest BCUT2D eigenvalue weighted by Gasteiger charge is 2.51. The van der Waals surface area contributed by atoms with Crippen LogP contribution in [0.5, 0.6) is 0 Å². The summed E-state index contributed by atoms with van der Waals surface area (Å²) in [4.78, 5) is 0. The summed E-state index contributed by atoms with van der Waals surface area (Å²) in [6, 6.07) is 17.6. The maximum Gasteiger partial charge on any atom is 0.494 e. The van der Waals surface area contributed by atoms with Crippen LogP contribution in [0.15, 0.2) is 48.5 Å². The quantitative estimate of drug-likeness (QED) is 0.757. The van der Waals surface area contributed by atoms with Gasteiger partial charge >= 0.3 is 7.12 Å². The molecule has 1 saturated carbocycles. The Kier molecular flexibility index (Phi) is 3.68. The van der Waals surface area contributed by atoms with Crippen molar-refractivity contribution in [3.05, 3.63) is 54.1 Å². The molecular weight excluding hydrogens is 307 g/mol. The molecule has 0 atom stereocenters. The van der Waals surface area contributed by atoms with Crippen molar-refractivity contribution in [3.8, 4) is 11.1 Å². The average Bonchev–Trinajstić information content (AvgIpc) is 3.28. The van der Waals surface area contributed by atoms with Crippen molar-refractivity contribution in [2.45, 2.75) is 64.1 Å². The molecule has 0 amide bonds. The Morgan fingerprint density at radius 3 is 1.56 bits per heavy atom. The van der Waals surface area contributed by atoms with Gasteiger partial charge in [0.2, 0.25) is 0 Å². The van der Waals surface area contributed by atoms with Crippen molar-refractivity contribution in [3.63, 3.8) is 0 Å². The Morgan fingerprint density at radius 2 is 1.12 bits per heavy atom. The van der Waals surface area contributed by atoms with Crippen LogP contribution in [0.25, 0.3) is 11.1 Å². The molecule has 1 heterocycles. The van der Waals surface area contributed by atoms with Gasteiger partial charge in [0.1, 0.15) is 0 Å². The van der Waals surface area contributed by atoms with Crippen LogP contribution in [-0.2, 0) is 14.7 Å². The predicted octanol–water partition coefficient (Wildman–Crippen LogP) is 4.70. The molecule has 0 unspecified atom stereocenters. The highest BCUT2D eigenvalue weighted by molar-refractivity contribution is 6.62. The Bertz CT molecular complexity index is 755. The van der Waals surface area contributed by atoms with Gasteiger partial charge < -0.3 is 9.31 Å². The van der Waals surface area contributed by atoms with Crippen molar-refractivity contribution in [1.29, 1.82) is 0 Å². The van der Waals surface area contributed by atoms with Crippen LogP contribution in [0.3, 0.4) is 0 Å². The number of rotatable bonds is 3. The van der Waals surface area contributed by atoms with Crippen LogP contribution in [0.2, 0.25) is 0 Å². The van der Waals surface area contributed by atoms with E-state index in [-0.39, 0.29) is 18.3 Å². The van der Waals surface area contributed by atoms with Gasteiger partial charge in [0.05, 0.1) is 11.2 Å². The molecule has 1 saturated heterocycles. The third kappa shape index (κ3) is 2.94. The Hall–Kier alpha value is -1.58. The number of hydrogen-bond donors (Lipinski definition) is 0. The van der Waals surface area contributed by atoms with Gasteiger partial charge in [-0.2, -0.15) is 0 Å². The summed E-state index contributed by atoms with van der Waals surface area (Å²) < 4.78 is 12.3. The van der Waals surface area contributed by atoms with E-state index < -0.39 is 0 Å². The predicted molar refractivity (Wildman–Crippen MR) is 104 cm³/mol. The molecular formula is C22H27BO2. The number of benzene rings is 2. The second-order valence-electron chi connectivity index (χ2n) is 8.85. The van der Waals surface area contributed by atoms with Crippen LogP contribution in [0.4, 0.5) is 0 Å². The molecule has 1 aliphatic carbocycles. The van der Waals surface area contributed by atoms with Gasteiger partial charge in [-0.25, -0.2) is 0 Å². The lowest BCUT2D eigenvalue weighted by atomic mass is 9.78.